The van der Waals surface area contributed by atoms with Crippen molar-refractivity contribution >= 4 is 28.7 Å². The Hall–Kier alpha value is -3.61. The second-order valence-electron chi connectivity index (χ2n) is 10.6. The van der Waals surface area contributed by atoms with Crippen LogP contribution in [0.2, 0.25) is 0 Å². The van der Waals surface area contributed by atoms with Crippen molar-refractivity contribution < 1.29 is 19.1 Å². The molecule has 0 bridgehead atoms. The molecule has 1 aromatic heterocycles. The van der Waals surface area contributed by atoms with Gasteiger partial charge in [0, 0.05) is 29.1 Å². The number of hydrogen-bond acceptors (Lipinski definition) is 4. The molecule has 2 fully saturated rings. The van der Waals surface area contributed by atoms with Crippen LogP contribution in [0.15, 0.2) is 48.5 Å². The van der Waals surface area contributed by atoms with Crippen LogP contribution in [-0.4, -0.2) is 58.3 Å². The first-order valence-corrected chi connectivity index (χ1v) is 13.5. The Morgan fingerprint density at radius 1 is 0.946 bits per heavy atom. The standard InChI is InChI=1S/C30H33N3O4/c1-37-30(36)20-15-13-19(14-16-20)28-27-23(22-11-7-8-12-24(22)31-27)17-25-29(35)32(18-26(34)33(25)28)21-9-5-3-2-4-6-10-21/h7-8,11-16,21,25,28,31H,2-6,9-10,17-18H2,1H3. The number of methoxy groups -OCH3 is 1. The number of hydrogen-bond donors (Lipinski definition) is 1. The maximum Gasteiger partial charge on any atom is 0.337 e. The van der Waals surface area contributed by atoms with Crippen molar-refractivity contribution in [2.45, 2.75) is 69.5 Å². The zero-order valence-corrected chi connectivity index (χ0v) is 21.2. The highest BCUT2D eigenvalue weighted by Crippen LogP contribution is 2.43. The first kappa shape index (κ1) is 23.8. The molecule has 6 rings (SSSR count). The van der Waals surface area contributed by atoms with Gasteiger partial charge in [0.2, 0.25) is 11.8 Å². The third-order valence-electron chi connectivity index (χ3n) is 8.46. The van der Waals surface area contributed by atoms with Crippen LogP contribution >= 0.6 is 0 Å². The van der Waals surface area contributed by atoms with Gasteiger partial charge in [-0.2, -0.15) is 0 Å². The van der Waals surface area contributed by atoms with Gasteiger partial charge in [0.05, 0.1) is 18.7 Å². The van der Waals surface area contributed by atoms with E-state index in [0.717, 1.165) is 53.4 Å². The Kier molecular flexibility index (Phi) is 6.22. The lowest BCUT2D eigenvalue weighted by molar-refractivity contribution is -0.161. The van der Waals surface area contributed by atoms with Gasteiger partial charge >= 0.3 is 5.97 Å². The fourth-order valence-corrected chi connectivity index (χ4v) is 6.61. The Morgan fingerprint density at radius 2 is 1.65 bits per heavy atom. The van der Waals surface area contributed by atoms with E-state index in [4.69, 9.17) is 4.74 Å². The van der Waals surface area contributed by atoms with E-state index in [2.05, 4.69) is 11.1 Å². The predicted octanol–water partition coefficient (Wildman–Crippen LogP) is 4.75. The van der Waals surface area contributed by atoms with Crippen molar-refractivity contribution in [2.24, 2.45) is 0 Å². The molecule has 1 saturated carbocycles. The van der Waals surface area contributed by atoms with Gasteiger partial charge in [-0.3, -0.25) is 9.59 Å². The summed E-state index contributed by atoms with van der Waals surface area (Å²) in [6.45, 7) is 0.131. The first-order chi connectivity index (χ1) is 18.1. The van der Waals surface area contributed by atoms with Gasteiger partial charge in [-0.15, -0.1) is 0 Å². The highest BCUT2D eigenvalue weighted by Gasteiger charge is 2.49. The van der Waals surface area contributed by atoms with E-state index in [-0.39, 0.29) is 24.4 Å². The van der Waals surface area contributed by atoms with Crippen molar-refractivity contribution in [3.8, 4) is 0 Å². The fourth-order valence-electron chi connectivity index (χ4n) is 6.61. The smallest absolute Gasteiger partial charge is 0.337 e. The number of esters is 1. The van der Waals surface area contributed by atoms with Gasteiger partial charge in [-0.25, -0.2) is 4.79 Å². The zero-order valence-electron chi connectivity index (χ0n) is 21.2. The van der Waals surface area contributed by atoms with E-state index in [0.29, 0.717) is 12.0 Å². The SMILES string of the molecule is COC(=O)c1ccc(C2c3[nH]c4ccccc4c3CC3C(=O)N(C4CCCCCCC4)CC(=O)N32)cc1. The molecule has 2 amide bonds. The molecule has 0 spiro atoms. The number of nitrogens with one attached hydrogen (secondary N) is 1. The van der Waals surface area contributed by atoms with Crippen molar-refractivity contribution in [1.29, 1.82) is 0 Å². The molecular formula is C30H33N3O4. The minimum Gasteiger partial charge on any atom is -0.465 e. The molecular weight excluding hydrogens is 466 g/mol. The molecule has 1 saturated heterocycles. The summed E-state index contributed by atoms with van der Waals surface area (Å²) in [5.74, 6) is -0.353. The summed E-state index contributed by atoms with van der Waals surface area (Å²) in [4.78, 5) is 47.2. The summed E-state index contributed by atoms with van der Waals surface area (Å²) < 4.78 is 4.86. The first-order valence-electron chi connectivity index (χ1n) is 13.5. The number of amides is 2. The number of aromatic amines is 1. The summed E-state index contributed by atoms with van der Waals surface area (Å²) in [6.07, 6.45) is 8.33. The highest BCUT2D eigenvalue weighted by atomic mass is 16.5. The van der Waals surface area contributed by atoms with Crippen molar-refractivity contribution in [2.75, 3.05) is 13.7 Å². The molecule has 0 radical (unpaired) electrons. The second-order valence-corrected chi connectivity index (χ2v) is 10.6. The number of benzene rings is 2. The lowest BCUT2D eigenvalue weighted by Crippen LogP contribution is -2.64. The number of carbonyl (C=O) groups is 3. The molecule has 2 atom stereocenters. The van der Waals surface area contributed by atoms with Gasteiger partial charge in [0.1, 0.15) is 12.6 Å². The van der Waals surface area contributed by atoms with Crippen molar-refractivity contribution in [1.82, 2.24) is 14.8 Å². The van der Waals surface area contributed by atoms with Crippen molar-refractivity contribution in [3.63, 3.8) is 0 Å². The summed E-state index contributed by atoms with van der Waals surface area (Å²) in [7, 11) is 1.36. The van der Waals surface area contributed by atoms with Crippen LogP contribution in [0, 0.1) is 0 Å². The largest absolute Gasteiger partial charge is 0.465 e. The Labute approximate surface area is 216 Å². The van der Waals surface area contributed by atoms with Crippen LogP contribution in [0.3, 0.4) is 0 Å². The van der Waals surface area contributed by atoms with Gasteiger partial charge < -0.3 is 19.5 Å². The zero-order chi connectivity index (χ0) is 25.5. The monoisotopic (exact) mass is 499 g/mol. The number of ether oxygens (including phenoxy) is 1. The normalized spacial score (nSPS) is 22.8. The lowest BCUT2D eigenvalue weighted by atomic mass is 9.85. The average Bonchev–Trinajstić information content (AvgIpc) is 3.28. The topological polar surface area (TPSA) is 82.7 Å². The molecule has 2 unspecified atom stereocenters. The molecule has 3 heterocycles. The van der Waals surface area contributed by atoms with Crippen LogP contribution in [0.1, 0.15) is 78.2 Å². The van der Waals surface area contributed by atoms with E-state index in [1.54, 1.807) is 17.0 Å². The average molecular weight is 500 g/mol. The molecule has 37 heavy (non-hydrogen) atoms. The summed E-state index contributed by atoms with van der Waals surface area (Å²) >= 11 is 0. The fraction of sp³-hybridized carbons (Fsp3) is 0.433. The second kappa shape index (κ2) is 9.69. The predicted molar refractivity (Wildman–Crippen MR) is 140 cm³/mol. The minimum atomic E-state index is -0.538. The Bertz CT molecular complexity index is 1340. The molecule has 2 aromatic carbocycles. The number of aromatic nitrogens is 1. The quantitative estimate of drug-likeness (QED) is 0.527. The van der Waals surface area contributed by atoms with E-state index in [1.807, 2.05) is 35.2 Å². The lowest BCUT2D eigenvalue weighted by Gasteiger charge is -2.49. The number of rotatable bonds is 3. The van der Waals surface area contributed by atoms with Crippen LogP contribution in [0.5, 0.6) is 0 Å². The van der Waals surface area contributed by atoms with Crippen LogP contribution < -0.4 is 0 Å². The molecule has 1 N–H and O–H groups in total. The number of piperazine rings is 1. The molecule has 1 aliphatic carbocycles. The Morgan fingerprint density at radius 3 is 2.38 bits per heavy atom. The molecule has 3 aliphatic rings. The van der Waals surface area contributed by atoms with Crippen LogP contribution in [0.4, 0.5) is 0 Å². The maximum atomic E-state index is 14.1. The van der Waals surface area contributed by atoms with E-state index in [1.165, 1.54) is 26.4 Å². The molecule has 2 aliphatic heterocycles. The molecule has 192 valence electrons. The van der Waals surface area contributed by atoms with E-state index in [9.17, 15) is 14.4 Å². The number of para-hydroxylation sites is 1. The number of H-pyrrole nitrogens is 1. The maximum absolute atomic E-state index is 14.1. The third kappa shape index (κ3) is 4.10. The number of fused-ring (bicyclic) bond motifs is 4. The van der Waals surface area contributed by atoms with E-state index >= 15 is 0 Å². The highest BCUT2D eigenvalue weighted by molar-refractivity contribution is 5.98. The van der Waals surface area contributed by atoms with Gasteiger partial charge in [-0.1, -0.05) is 62.4 Å². The molecule has 7 nitrogen and oxygen atoms in total. The molecule has 7 heteroatoms. The van der Waals surface area contributed by atoms with Gasteiger partial charge in [0.15, 0.2) is 0 Å². The van der Waals surface area contributed by atoms with Crippen LogP contribution in [-0.2, 0) is 20.7 Å². The number of carbonyl (C=O) groups excluding carboxylic acids is 3. The third-order valence-corrected chi connectivity index (χ3v) is 8.46. The van der Waals surface area contributed by atoms with Gasteiger partial charge in [0.25, 0.3) is 0 Å². The molecule has 3 aromatic rings. The van der Waals surface area contributed by atoms with Gasteiger partial charge in [-0.05, 0) is 42.2 Å². The summed E-state index contributed by atoms with van der Waals surface area (Å²) in [5.41, 5.74) is 4.36. The number of nitrogens with zero attached hydrogens (tertiary/aromatic N) is 2. The van der Waals surface area contributed by atoms with Crippen molar-refractivity contribution in [3.05, 3.63) is 70.9 Å². The Balaban J connectivity index is 1.42. The van der Waals surface area contributed by atoms with Crippen LogP contribution in [0.25, 0.3) is 10.9 Å². The summed E-state index contributed by atoms with van der Waals surface area (Å²) in [5, 5.41) is 1.09. The minimum absolute atomic E-state index is 0.0157. The summed E-state index contributed by atoms with van der Waals surface area (Å²) in [6, 6.07) is 14.5. The van der Waals surface area contributed by atoms with E-state index < -0.39 is 18.1 Å².